The van der Waals surface area contributed by atoms with Gasteiger partial charge in [-0.25, -0.2) is 4.99 Å². The van der Waals surface area contributed by atoms with Crippen LogP contribution in [0.15, 0.2) is 53.5 Å². The van der Waals surface area contributed by atoms with Gasteiger partial charge in [0.1, 0.15) is 5.75 Å². The van der Waals surface area contributed by atoms with Gasteiger partial charge in [-0.05, 0) is 43.3 Å². The second-order valence-electron chi connectivity index (χ2n) is 4.65. The third-order valence-electron chi connectivity index (χ3n) is 2.90. The molecule has 22 heavy (non-hydrogen) atoms. The Morgan fingerprint density at radius 1 is 1.00 bits per heavy atom. The highest BCUT2D eigenvalue weighted by atomic mass is 19.4. The monoisotopic (exact) mass is 308 g/mol. The molecule has 0 atom stereocenters. The zero-order valence-electron chi connectivity index (χ0n) is 12.1. The van der Waals surface area contributed by atoms with Crippen molar-refractivity contribution in [2.45, 2.75) is 13.1 Å². The Morgan fingerprint density at radius 2 is 1.59 bits per heavy atom. The number of hydrogen-bond donors (Lipinski definition) is 1. The van der Waals surface area contributed by atoms with Gasteiger partial charge in [0, 0.05) is 5.69 Å². The zero-order chi connectivity index (χ0) is 16.2. The van der Waals surface area contributed by atoms with Gasteiger partial charge in [0.05, 0.1) is 12.8 Å². The standard InChI is InChI=1S/C16H15F3N2O/c1-11-3-5-12(6-4-11)20-15(16(17,18)19)21-13-7-9-14(22-2)10-8-13/h3-10H,1-2H3,(H,20,21). The Labute approximate surface area is 126 Å². The molecule has 6 heteroatoms. The van der Waals surface area contributed by atoms with Crippen molar-refractivity contribution < 1.29 is 17.9 Å². The van der Waals surface area contributed by atoms with E-state index < -0.39 is 12.0 Å². The topological polar surface area (TPSA) is 33.6 Å². The number of aryl methyl sites for hydroxylation is 1. The van der Waals surface area contributed by atoms with E-state index in [9.17, 15) is 13.2 Å². The number of anilines is 1. The molecule has 2 rings (SSSR count). The van der Waals surface area contributed by atoms with E-state index in [0.717, 1.165) is 5.56 Å². The first-order valence-corrected chi connectivity index (χ1v) is 6.52. The van der Waals surface area contributed by atoms with Gasteiger partial charge in [-0.1, -0.05) is 17.7 Å². The molecule has 0 heterocycles. The maximum atomic E-state index is 13.1. The Hall–Kier alpha value is -2.50. The lowest BCUT2D eigenvalue weighted by atomic mass is 10.2. The van der Waals surface area contributed by atoms with Crippen LogP contribution in [0.25, 0.3) is 0 Å². The first-order chi connectivity index (χ1) is 10.4. The van der Waals surface area contributed by atoms with Gasteiger partial charge >= 0.3 is 6.18 Å². The second kappa shape index (κ2) is 6.51. The highest BCUT2D eigenvalue weighted by molar-refractivity contribution is 6.01. The molecule has 1 N–H and O–H groups in total. The predicted molar refractivity (Wildman–Crippen MR) is 80.9 cm³/mol. The lowest BCUT2D eigenvalue weighted by Crippen LogP contribution is -2.30. The molecule has 2 aromatic rings. The number of hydrogen-bond acceptors (Lipinski definition) is 2. The maximum Gasteiger partial charge on any atom is 0.449 e. The fraction of sp³-hybridized carbons (Fsp3) is 0.188. The molecular weight excluding hydrogens is 293 g/mol. The molecular formula is C16H15F3N2O. The van der Waals surface area contributed by atoms with Gasteiger partial charge in [-0.15, -0.1) is 0 Å². The number of alkyl halides is 3. The molecule has 0 bridgehead atoms. The minimum Gasteiger partial charge on any atom is -0.497 e. The maximum absolute atomic E-state index is 13.1. The summed E-state index contributed by atoms with van der Waals surface area (Å²) >= 11 is 0. The molecule has 0 aliphatic heterocycles. The van der Waals surface area contributed by atoms with Crippen molar-refractivity contribution >= 4 is 17.2 Å². The molecule has 0 aliphatic carbocycles. The minimum absolute atomic E-state index is 0.235. The fourth-order valence-corrected chi connectivity index (χ4v) is 1.72. The minimum atomic E-state index is -4.58. The average Bonchev–Trinajstić information content (AvgIpc) is 2.48. The molecule has 2 aromatic carbocycles. The SMILES string of the molecule is COc1ccc(NC(=Nc2ccc(C)cc2)C(F)(F)F)cc1. The van der Waals surface area contributed by atoms with E-state index in [4.69, 9.17) is 4.74 Å². The summed E-state index contributed by atoms with van der Waals surface area (Å²) < 4.78 is 44.3. The summed E-state index contributed by atoms with van der Waals surface area (Å²) in [5.74, 6) is -0.504. The lowest BCUT2D eigenvalue weighted by Gasteiger charge is -2.13. The van der Waals surface area contributed by atoms with Crippen LogP contribution in [0.5, 0.6) is 5.75 Å². The van der Waals surface area contributed by atoms with E-state index in [1.54, 1.807) is 24.3 Å². The zero-order valence-corrected chi connectivity index (χ0v) is 12.1. The van der Waals surface area contributed by atoms with Crippen molar-refractivity contribution in [3.8, 4) is 5.75 Å². The smallest absolute Gasteiger partial charge is 0.449 e. The predicted octanol–water partition coefficient (Wildman–Crippen LogP) is 4.71. The number of nitrogens with one attached hydrogen (secondary N) is 1. The summed E-state index contributed by atoms with van der Waals surface area (Å²) in [4.78, 5) is 3.66. The lowest BCUT2D eigenvalue weighted by molar-refractivity contribution is -0.0586. The number of benzene rings is 2. The number of ether oxygens (including phenoxy) is 1. The van der Waals surface area contributed by atoms with Crippen molar-refractivity contribution in [1.29, 1.82) is 0 Å². The van der Waals surface area contributed by atoms with Crippen molar-refractivity contribution in [2.75, 3.05) is 12.4 Å². The van der Waals surface area contributed by atoms with Crippen molar-refractivity contribution in [3.05, 3.63) is 54.1 Å². The van der Waals surface area contributed by atoms with Crippen LogP contribution < -0.4 is 10.1 Å². The van der Waals surface area contributed by atoms with Crippen molar-refractivity contribution in [2.24, 2.45) is 4.99 Å². The van der Waals surface area contributed by atoms with Crippen molar-refractivity contribution in [1.82, 2.24) is 0 Å². The summed E-state index contributed by atoms with van der Waals surface area (Å²) in [6.45, 7) is 1.85. The van der Waals surface area contributed by atoms with Gasteiger partial charge in [0.15, 0.2) is 0 Å². The van der Waals surface area contributed by atoms with Gasteiger partial charge in [0.25, 0.3) is 0 Å². The number of nitrogens with zero attached hydrogens (tertiary/aromatic N) is 1. The molecule has 0 fully saturated rings. The van der Waals surface area contributed by atoms with Gasteiger partial charge in [0.2, 0.25) is 5.84 Å². The quantitative estimate of drug-likeness (QED) is 0.658. The molecule has 0 aromatic heterocycles. The Kier molecular flexibility index (Phi) is 4.70. The van der Waals surface area contributed by atoms with E-state index in [1.807, 2.05) is 6.92 Å². The first kappa shape index (κ1) is 15.9. The molecule has 0 amide bonds. The van der Waals surface area contributed by atoms with Crippen LogP contribution in [0, 0.1) is 6.92 Å². The van der Waals surface area contributed by atoms with E-state index in [1.165, 1.54) is 31.4 Å². The van der Waals surface area contributed by atoms with E-state index in [-0.39, 0.29) is 11.4 Å². The van der Waals surface area contributed by atoms with Gasteiger partial charge < -0.3 is 10.1 Å². The van der Waals surface area contributed by atoms with Crippen LogP contribution in [0.2, 0.25) is 0 Å². The van der Waals surface area contributed by atoms with Crippen LogP contribution in [0.1, 0.15) is 5.56 Å². The molecule has 0 aliphatic rings. The van der Waals surface area contributed by atoms with Crippen molar-refractivity contribution in [3.63, 3.8) is 0 Å². The van der Waals surface area contributed by atoms with Crippen LogP contribution in [0.3, 0.4) is 0 Å². The van der Waals surface area contributed by atoms with Crippen LogP contribution in [-0.4, -0.2) is 19.1 Å². The van der Waals surface area contributed by atoms with E-state index in [2.05, 4.69) is 10.3 Å². The number of aliphatic imine (C=N–C) groups is 1. The summed E-state index contributed by atoms with van der Waals surface area (Å²) in [6.07, 6.45) is -4.58. The Balaban J connectivity index is 2.28. The van der Waals surface area contributed by atoms with Crippen LogP contribution >= 0.6 is 0 Å². The molecule has 0 radical (unpaired) electrons. The molecule has 116 valence electrons. The van der Waals surface area contributed by atoms with Gasteiger partial charge in [-0.2, -0.15) is 13.2 Å². The summed E-state index contributed by atoms with van der Waals surface area (Å²) in [5, 5.41) is 2.30. The number of rotatable bonds is 3. The third-order valence-corrected chi connectivity index (χ3v) is 2.90. The molecule has 3 nitrogen and oxygen atoms in total. The number of methoxy groups -OCH3 is 1. The average molecular weight is 308 g/mol. The van der Waals surface area contributed by atoms with E-state index in [0.29, 0.717) is 5.75 Å². The first-order valence-electron chi connectivity index (χ1n) is 6.52. The summed E-state index contributed by atoms with van der Waals surface area (Å²) in [7, 11) is 1.49. The molecule has 0 saturated heterocycles. The third kappa shape index (κ3) is 4.25. The summed E-state index contributed by atoms with van der Waals surface area (Å²) in [6, 6.07) is 12.6. The van der Waals surface area contributed by atoms with Gasteiger partial charge in [-0.3, -0.25) is 0 Å². The number of halogens is 3. The molecule has 0 saturated carbocycles. The largest absolute Gasteiger partial charge is 0.497 e. The highest BCUT2D eigenvalue weighted by Gasteiger charge is 2.36. The molecule has 0 spiro atoms. The number of amidine groups is 1. The Bertz CT molecular complexity index is 647. The normalized spacial score (nSPS) is 12.1. The molecule has 0 unspecified atom stereocenters. The van der Waals surface area contributed by atoms with Crippen LogP contribution in [-0.2, 0) is 0 Å². The fourth-order valence-electron chi connectivity index (χ4n) is 1.72. The Morgan fingerprint density at radius 3 is 2.09 bits per heavy atom. The van der Waals surface area contributed by atoms with Crippen LogP contribution in [0.4, 0.5) is 24.5 Å². The second-order valence-corrected chi connectivity index (χ2v) is 4.65. The van der Waals surface area contributed by atoms with E-state index >= 15 is 0 Å². The summed E-state index contributed by atoms with van der Waals surface area (Å²) in [5.41, 5.74) is 1.47. The highest BCUT2D eigenvalue weighted by Crippen LogP contribution is 2.24.